The number of benzene rings is 1. The van der Waals surface area contributed by atoms with Crippen LogP contribution in [0.1, 0.15) is 24.8 Å². The molecule has 29 heavy (non-hydrogen) atoms. The van der Waals surface area contributed by atoms with Crippen LogP contribution in [-0.4, -0.2) is 49.1 Å². The van der Waals surface area contributed by atoms with Gasteiger partial charge in [0.25, 0.3) is 0 Å². The molecule has 1 aliphatic rings. The zero-order valence-corrected chi connectivity index (χ0v) is 16.1. The molecule has 1 atom stereocenters. The molecule has 0 saturated heterocycles. The number of rotatable bonds is 5. The molecule has 3 N–H and O–H groups in total. The van der Waals surface area contributed by atoms with Crippen LogP contribution in [0.5, 0.6) is 0 Å². The molecular weight excluding hydrogens is 418 g/mol. The van der Waals surface area contributed by atoms with E-state index in [-0.39, 0.29) is 18.1 Å². The zero-order valence-electron chi connectivity index (χ0n) is 15.3. The van der Waals surface area contributed by atoms with Gasteiger partial charge in [-0.25, -0.2) is 12.8 Å². The second-order valence-corrected chi connectivity index (χ2v) is 8.38. The van der Waals surface area contributed by atoms with Gasteiger partial charge in [0, 0.05) is 24.5 Å². The molecule has 0 amide bonds. The minimum Gasteiger partial charge on any atom is -0.480 e. The van der Waals surface area contributed by atoms with Gasteiger partial charge in [0.15, 0.2) is 0 Å². The van der Waals surface area contributed by atoms with Crippen LogP contribution in [0.3, 0.4) is 0 Å². The summed E-state index contributed by atoms with van der Waals surface area (Å²) in [4.78, 5) is 13.8. The molecule has 0 radical (unpaired) electrons. The summed E-state index contributed by atoms with van der Waals surface area (Å²) >= 11 is 0. The lowest BCUT2D eigenvalue weighted by Gasteiger charge is -2.33. The fraction of sp³-hybridized carbons (Fsp3) is 0.412. The van der Waals surface area contributed by atoms with E-state index in [1.54, 1.807) is 0 Å². The van der Waals surface area contributed by atoms with Gasteiger partial charge in [-0.2, -0.15) is 17.5 Å². The Bertz CT molecular complexity index is 958. The average Bonchev–Trinajstić information content (AvgIpc) is 2.64. The Hall–Kier alpha value is -2.47. The van der Waals surface area contributed by atoms with Gasteiger partial charge in [-0.1, -0.05) is 0 Å². The number of carboxylic acids is 1. The van der Waals surface area contributed by atoms with Gasteiger partial charge in [0.1, 0.15) is 12.4 Å². The summed E-state index contributed by atoms with van der Waals surface area (Å²) < 4.78 is 79.1. The molecule has 0 aliphatic heterocycles. The van der Waals surface area contributed by atoms with Crippen LogP contribution in [0.15, 0.2) is 39.9 Å². The van der Waals surface area contributed by atoms with Crippen molar-refractivity contribution in [3.63, 3.8) is 0 Å². The molecule has 1 aliphatic carbocycles. The van der Waals surface area contributed by atoms with Gasteiger partial charge in [0.2, 0.25) is 10.0 Å². The quantitative estimate of drug-likeness (QED) is 0.687. The van der Waals surface area contributed by atoms with Gasteiger partial charge in [-0.15, -0.1) is 0 Å². The summed E-state index contributed by atoms with van der Waals surface area (Å²) in [5.74, 6) is -2.52. The number of nitrogens with two attached hydrogens (primary N) is 1. The number of carboxylic acid groups (broad SMARTS) is 1. The lowest BCUT2D eigenvalue weighted by Crippen LogP contribution is -2.42. The molecule has 7 nitrogen and oxygen atoms in total. The molecule has 1 aromatic carbocycles. The maximum absolute atomic E-state index is 13.7. The van der Waals surface area contributed by atoms with E-state index in [1.807, 2.05) is 0 Å². The highest BCUT2D eigenvalue weighted by Gasteiger charge is 2.37. The lowest BCUT2D eigenvalue weighted by atomic mass is 9.88. The fourth-order valence-electron chi connectivity index (χ4n) is 3.08. The highest BCUT2D eigenvalue weighted by atomic mass is 32.2. The topological polar surface area (TPSA) is 113 Å². The van der Waals surface area contributed by atoms with Gasteiger partial charge in [-0.05, 0) is 37.5 Å². The van der Waals surface area contributed by atoms with E-state index >= 15 is 0 Å². The number of aliphatic carboxylic acids is 1. The van der Waals surface area contributed by atoms with E-state index in [0.717, 1.165) is 17.6 Å². The van der Waals surface area contributed by atoms with E-state index in [4.69, 9.17) is 10.8 Å². The largest absolute Gasteiger partial charge is 0.480 e. The number of halogens is 4. The van der Waals surface area contributed by atoms with Crippen molar-refractivity contribution < 1.29 is 35.9 Å². The number of likely N-dealkylation sites (N-methyl/N-ethyl adjacent to an activating group) is 1. The molecule has 0 bridgehead atoms. The zero-order chi connectivity index (χ0) is 22.0. The van der Waals surface area contributed by atoms with Crippen LogP contribution in [0, 0.1) is 5.82 Å². The minimum atomic E-state index is -4.92. The first-order chi connectivity index (χ1) is 13.4. The van der Waals surface area contributed by atoms with E-state index in [0.29, 0.717) is 30.7 Å². The molecule has 1 aromatic rings. The smallest absolute Gasteiger partial charge is 0.416 e. The van der Waals surface area contributed by atoms with Gasteiger partial charge in [-0.3, -0.25) is 9.79 Å². The molecular formula is C17H19F4N3O4S. The number of aliphatic imine (C=N–C) groups is 1. The molecule has 160 valence electrons. The second kappa shape index (κ2) is 8.49. The lowest BCUT2D eigenvalue weighted by molar-refractivity contribution is -0.138. The monoisotopic (exact) mass is 437 g/mol. The summed E-state index contributed by atoms with van der Waals surface area (Å²) in [6.45, 7) is -0.533. The Morgan fingerprint density at radius 2 is 2.03 bits per heavy atom. The number of carbonyl (C=O) groups is 1. The molecule has 2 rings (SSSR count). The SMILES string of the molecule is CN([C@@H]1CCCC(=NCC(=O)O)C1=CN)S(=O)(=O)c1cc(F)cc(C(F)(F)F)c1. The van der Waals surface area contributed by atoms with Crippen molar-refractivity contribution in [1.82, 2.24) is 4.31 Å². The van der Waals surface area contributed by atoms with E-state index in [9.17, 15) is 30.8 Å². The first-order valence-electron chi connectivity index (χ1n) is 8.41. The molecule has 1 saturated carbocycles. The van der Waals surface area contributed by atoms with Crippen molar-refractivity contribution in [2.75, 3.05) is 13.6 Å². The van der Waals surface area contributed by atoms with Crippen molar-refractivity contribution in [2.24, 2.45) is 10.7 Å². The summed E-state index contributed by atoms with van der Waals surface area (Å²) in [6.07, 6.45) is -2.71. The summed E-state index contributed by atoms with van der Waals surface area (Å²) in [7, 11) is -3.38. The molecule has 1 fully saturated rings. The Labute approximate surface area is 164 Å². The summed E-state index contributed by atoms with van der Waals surface area (Å²) in [6, 6.07) is 0.198. The van der Waals surface area contributed by atoms with E-state index < -0.39 is 51.0 Å². The third-order valence-corrected chi connectivity index (χ3v) is 6.33. The Morgan fingerprint density at radius 3 is 2.59 bits per heavy atom. The normalized spacial score (nSPS) is 21.1. The van der Waals surface area contributed by atoms with Crippen molar-refractivity contribution in [3.8, 4) is 0 Å². The number of sulfonamides is 1. The first-order valence-corrected chi connectivity index (χ1v) is 9.85. The molecule has 12 heteroatoms. The third-order valence-electron chi connectivity index (χ3n) is 4.48. The van der Waals surface area contributed by atoms with Gasteiger partial charge >= 0.3 is 12.1 Å². The van der Waals surface area contributed by atoms with E-state index in [1.165, 1.54) is 0 Å². The second-order valence-electron chi connectivity index (χ2n) is 6.38. The van der Waals surface area contributed by atoms with Gasteiger partial charge in [0.05, 0.1) is 16.5 Å². The molecule has 0 aromatic heterocycles. The van der Waals surface area contributed by atoms with Crippen molar-refractivity contribution >= 4 is 21.7 Å². The van der Waals surface area contributed by atoms with Crippen LogP contribution in [-0.2, 0) is 21.0 Å². The third kappa shape index (κ3) is 5.12. The summed E-state index contributed by atoms with van der Waals surface area (Å²) in [5, 5.41) is 8.78. The van der Waals surface area contributed by atoms with E-state index in [2.05, 4.69) is 4.99 Å². The Balaban J connectivity index is 2.44. The minimum absolute atomic E-state index is 0.210. The highest BCUT2D eigenvalue weighted by molar-refractivity contribution is 7.89. The van der Waals surface area contributed by atoms with Crippen LogP contribution in [0.2, 0.25) is 0 Å². The number of nitrogens with zero attached hydrogens (tertiary/aromatic N) is 2. The molecule has 0 heterocycles. The van der Waals surface area contributed by atoms with Crippen LogP contribution < -0.4 is 5.73 Å². The predicted octanol–water partition coefficient (Wildman–Crippen LogP) is 2.39. The maximum Gasteiger partial charge on any atom is 0.416 e. The predicted molar refractivity (Wildman–Crippen MR) is 96.2 cm³/mol. The van der Waals surface area contributed by atoms with Crippen LogP contribution in [0.4, 0.5) is 17.6 Å². The van der Waals surface area contributed by atoms with Gasteiger partial charge < -0.3 is 10.8 Å². The van der Waals surface area contributed by atoms with Crippen molar-refractivity contribution in [3.05, 3.63) is 41.4 Å². The number of hydrogen-bond donors (Lipinski definition) is 2. The number of hydrogen-bond acceptors (Lipinski definition) is 5. The van der Waals surface area contributed by atoms with Crippen LogP contribution in [0.25, 0.3) is 0 Å². The van der Waals surface area contributed by atoms with Crippen LogP contribution >= 0.6 is 0 Å². The summed E-state index contributed by atoms with van der Waals surface area (Å²) in [5.41, 5.74) is 4.74. The molecule has 0 spiro atoms. The average molecular weight is 437 g/mol. The number of alkyl halides is 3. The first kappa shape index (κ1) is 22.8. The Morgan fingerprint density at radius 1 is 1.38 bits per heavy atom. The highest BCUT2D eigenvalue weighted by Crippen LogP contribution is 2.34. The fourth-order valence-corrected chi connectivity index (χ4v) is 4.51. The standard InChI is InChI=1S/C17H19F4N3O4S/c1-24(15-4-2-3-14(13(15)8-22)23-9-16(25)26)29(27,28)12-6-10(17(19,20)21)5-11(18)7-12/h5-8,15H,2-4,9,22H2,1H3,(H,25,26)/t15-/m1/s1. The molecule has 0 unspecified atom stereocenters. The van der Waals surface area contributed by atoms with Crippen molar-refractivity contribution in [2.45, 2.75) is 36.4 Å². The maximum atomic E-state index is 13.7. The van der Waals surface area contributed by atoms with Crippen molar-refractivity contribution in [1.29, 1.82) is 0 Å². The Kier molecular flexibility index (Phi) is 6.68.